The maximum Gasteiger partial charge on any atom is 0.0820 e. The number of allylic oxidation sites excluding steroid dienone is 1. The lowest BCUT2D eigenvalue weighted by Crippen LogP contribution is -2.20. The van der Waals surface area contributed by atoms with Gasteiger partial charge in [0.2, 0.25) is 0 Å². The number of benzene rings is 1. The van der Waals surface area contributed by atoms with Gasteiger partial charge in [0.15, 0.2) is 0 Å². The Kier molecular flexibility index (Phi) is 5.00. The summed E-state index contributed by atoms with van der Waals surface area (Å²) in [6, 6.07) is 8.35. The Morgan fingerprint density at radius 3 is 2.89 bits per heavy atom. The first kappa shape index (κ1) is 13.4. The molecule has 0 bridgehead atoms. The first-order valence-electron chi connectivity index (χ1n) is 7.19. The van der Waals surface area contributed by atoms with Gasteiger partial charge < -0.3 is 5.11 Å². The molecule has 1 aromatic rings. The zero-order valence-electron chi connectivity index (χ0n) is 11.1. The molecule has 1 aliphatic rings. The molecule has 18 heavy (non-hydrogen) atoms. The molecule has 98 valence electrons. The fourth-order valence-corrected chi connectivity index (χ4v) is 2.98. The Bertz CT molecular complexity index is 383. The average molecular weight is 244 g/mol. The van der Waals surface area contributed by atoms with Crippen molar-refractivity contribution in [2.24, 2.45) is 5.92 Å². The summed E-state index contributed by atoms with van der Waals surface area (Å²) in [5.41, 5.74) is 2.51. The molecule has 0 heterocycles. The minimum atomic E-state index is -0.241. The van der Waals surface area contributed by atoms with E-state index in [0.29, 0.717) is 5.92 Å². The minimum Gasteiger partial charge on any atom is -0.388 e. The molecule has 2 atom stereocenters. The third-order valence-electron chi connectivity index (χ3n) is 4.09. The van der Waals surface area contributed by atoms with Gasteiger partial charge in [-0.25, -0.2) is 0 Å². The first-order valence-corrected chi connectivity index (χ1v) is 7.19. The van der Waals surface area contributed by atoms with Gasteiger partial charge in [-0.2, -0.15) is 0 Å². The van der Waals surface area contributed by atoms with Crippen molar-refractivity contribution in [2.45, 2.75) is 51.0 Å². The van der Waals surface area contributed by atoms with Crippen LogP contribution in [0.2, 0.25) is 0 Å². The van der Waals surface area contributed by atoms with Gasteiger partial charge in [-0.3, -0.25) is 0 Å². The van der Waals surface area contributed by atoms with Crippen molar-refractivity contribution in [3.05, 3.63) is 48.0 Å². The summed E-state index contributed by atoms with van der Waals surface area (Å²) in [4.78, 5) is 0. The van der Waals surface area contributed by atoms with Gasteiger partial charge in [0.05, 0.1) is 6.10 Å². The number of rotatable bonds is 6. The predicted molar refractivity (Wildman–Crippen MR) is 76.5 cm³/mol. The number of hydrogen-bond donors (Lipinski definition) is 1. The third-order valence-corrected chi connectivity index (χ3v) is 4.09. The molecule has 0 fully saturated rings. The van der Waals surface area contributed by atoms with Crippen molar-refractivity contribution in [2.75, 3.05) is 0 Å². The van der Waals surface area contributed by atoms with Crippen LogP contribution in [0.4, 0.5) is 0 Å². The molecule has 0 amide bonds. The van der Waals surface area contributed by atoms with Crippen molar-refractivity contribution in [3.8, 4) is 0 Å². The molecule has 2 unspecified atom stereocenters. The molecule has 0 spiro atoms. The highest BCUT2D eigenvalue weighted by Crippen LogP contribution is 2.36. The van der Waals surface area contributed by atoms with Crippen LogP contribution in [0.1, 0.15) is 55.8 Å². The van der Waals surface area contributed by atoms with Crippen LogP contribution >= 0.6 is 0 Å². The zero-order chi connectivity index (χ0) is 12.8. The molecule has 2 rings (SSSR count). The summed E-state index contributed by atoms with van der Waals surface area (Å²) in [6.07, 6.45) is 10.0. The standard InChI is InChI=1S/C17H24O/c1-2-3-4-5-6-10-15-13-12-14-9-7-8-11-16(14)17(15)18/h2,7-9,11,15,17-18H,1,3-6,10,12-13H2. The Labute approximate surface area is 111 Å². The van der Waals surface area contributed by atoms with E-state index in [9.17, 15) is 5.11 Å². The van der Waals surface area contributed by atoms with Crippen LogP contribution < -0.4 is 0 Å². The number of hydrogen-bond acceptors (Lipinski definition) is 1. The smallest absolute Gasteiger partial charge is 0.0820 e. The molecule has 1 heteroatoms. The molecule has 0 radical (unpaired) electrons. The molecule has 1 nitrogen and oxygen atoms in total. The molecule has 0 aliphatic heterocycles. The second-order valence-corrected chi connectivity index (χ2v) is 5.37. The Morgan fingerprint density at radius 2 is 2.06 bits per heavy atom. The lowest BCUT2D eigenvalue weighted by atomic mass is 9.79. The number of unbranched alkanes of at least 4 members (excludes halogenated alkanes) is 3. The summed E-state index contributed by atoms with van der Waals surface area (Å²) in [5, 5.41) is 10.4. The van der Waals surface area contributed by atoms with Gasteiger partial charge in [0, 0.05) is 0 Å². The minimum absolute atomic E-state index is 0.241. The van der Waals surface area contributed by atoms with Gasteiger partial charge in [-0.05, 0) is 49.1 Å². The summed E-state index contributed by atoms with van der Waals surface area (Å²) in [7, 11) is 0. The quantitative estimate of drug-likeness (QED) is 0.580. The maximum atomic E-state index is 10.4. The van der Waals surface area contributed by atoms with E-state index in [-0.39, 0.29) is 6.10 Å². The predicted octanol–water partition coefficient (Wildman–Crippen LogP) is 4.42. The van der Waals surface area contributed by atoms with E-state index in [1.54, 1.807) is 0 Å². The van der Waals surface area contributed by atoms with E-state index < -0.39 is 0 Å². The van der Waals surface area contributed by atoms with Crippen LogP contribution in [0.15, 0.2) is 36.9 Å². The monoisotopic (exact) mass is 244 g/mol. The van der Waals surface area contributed by atoms with Crippen LogP contribution in [0.3, 0.4) is 0 Å². The van der Waals surface area contributed by atoms with Gasteiger partial charge in [-0.1, -0.05) is 43.2 Å². The third kappa shape index (κ3) is 3.23. The topological polar surface area (TPSA) is 20.2 Å². The van der Waals surface area contributed by atoms with E-state index >= 15 is 0 Å². The molecule has 0 saturated carbocycles. The van der Waals surface area contributed by atoms with Gasteiger partial charge >= 0.3 is 0 Å². The van der Waals surface area contributed by atoms with Crippen LogP contribution in [0, 0.1) is 5.92 Å². The molecule has 0 aromatic heterocycles. The van der Waals surface area contributed by atoms with Crippen molar-refractivity contribution in [1.29, 1.82) is 0 Å². The van der Waals surface area contributed by atoms with Crippen molar-refractivity contribution in [1.82, 2.24) is 0 Å². The number of aryl methyl sites for hydroxylation is 1. The van der Waals surface area contributed by atoms with Gasteiger partial charge in [-0.15, -0.1) is 6.58 Å². The zero-order valence-corrected chi connectivity index (χ0v) is 11.1. The van der Waals surface area contributed by atoms with E-state index in [2.05, 4.69) is 24.8 Å². The Balaban J connectivity index is 1.83. The highest BCUT2D eigenvalue weighted by molar-refractivity contribution is 5.31. The molecule has 1 N–H and O–H groups in total. The second-order valence-electron chi connectivity index (χ2n) is 5.37. The molecule has 1 aliphatic carbocycles. The van der Waals surface area contributed by atoms with E-state index in [1.807, 2.05) is 12.1 Å². The fourth-order valence-electron chi connectivity index (χ4n) is 2.98. The summed E-state index contributed by atoms with van der Waals surface area (Å²) in [6.45, 7) is 3.75. The van der Waals surface area contributed by atoms with E-state index in [0.717, 1.165) is 25.7 Å². The largest absolute Gasteiger partial charge is 0.388 e. The summed E-state index contributed by atoms with van der Waals surface area (Å²) < 4.78 is 0. The van der Waals surface area contributed by atoms with E-state index in [4.69, 9.17) is 0 Å². The number of aliphatic hydroxyl groups is 1. The van der Waals surface area contributed by atoms with Crippen molar-refractivity contribution >= 4 is 0 Å². The SMILES string of the molecule is C=CCCCCCC1CCc2ccccc2C1O. The highest BCUT2D eigenvalue weighted by atomic mass is 16.3. The number of aliphatic hydroxyl groups excluding tert-OH is 1. The lowest BCUT2D eigenvalue weighted by molar-refractivity contribution is 0.0869. The van der Waals surface area contributed by atoms with Crippen LogP contribution in [-0.4, -0.2) is 5.11 Å². The van der Waals surface area contributed by atoms with Gasteiger partial charge in [0.1, 0.15) is 0 Å². The molecular formula is C17H24O. The summed E-state index contributed by atoms with van der Waals surface area (Å²) in [5.74, 6) is 0.462. The molecule has 0 saturated heterocycles. The van der Waals surface area contributed by atoms with Crippen molar-refractivity contribution < 1.29 is 5.11 Å². The average Bonchev–Trinajstić information content (AvgIpc) is 2.41. The molecular weight excluding hydrogens is 220 g/mol. The van der Waals surface area contributed by atoms with Crippen LogP contribution in [-0.2, 0) is 6.42 Å². The van der Waals surface area contributed by atoms with Crippen molar-refractivity contribution in [3.63, 3.8) is 0 Å². The maximum absolute atomic E-state index is 10.4. The normalized spacial score (nSPS) is 22.5. The molecule has 1 aromatic carbocycles. The fraction of sp³-hybridized carbons (Fsp3) is 0.529. The van der Waals surface area contributed by atoms with Gasteiger partial charge in [0.25, 0.3) is 0 Å². The first-order chi connectivity index (χ1) is 8.83. The second kappa shape index (κ2) is 6.75. The Hall–Kier alpha value is -1.08. The Morgan fingerprint density at radius 1 is 1.22 bits per heavy atom. The van der Waals surface area contributed by atoms with Crippen LogP contribution in [0.25, 0.3) is 0 Å². The highest BCUT2D eigenvalue weighted by Gasteiger charge is 2.26. The number of fused-ring (bicyclic) bond motifs is 1. The van der Waals surface area contributed by atoms with Crippen LogP contribution in [0.5, 0.6) is 0 Å². The summed E-state index contributed by atoms with van der Waals surface area (Å²) >= 11 is 0. The lowest BCUT2D eigenvalue weighted by Gasteiger charge is -2.30. The van der Waals surface area contributed by atoms with E-state index in [1.165, 1.54) is 30.4 Å².